The van der Waals surface area contributed by atoms with Crippen LogP contribution in [0.5, 0.6) is 0 Å². The highest BCUT2D eigenvalue weighted by molar-refractivity contribution is 7.80. The molecule has 1 aromatic heterocycles. The Hall–Kier alpha value is -1.37. The van der Waals surface area contributed by atoms with Gasteiger partial charge in [-0.05, 0) is 38.3 Å². The third-order valence-corrected chi connectivity index (χ3v) is 3.39. The highest BCUT2D eigenvalue weighted by atomic mass is 32.1. The van der Waals surface area contributed by atoms with Gasteiger partial charge in [0, 0.05) is 11.7 Å². The van der Waals surface area contributed by atoms with Crippen molar-refractivity contribution in [3.63, 3.8) is 0 Å². The van der Waals surface area contributed by atoms with Gasteiger partial charge in [0.15, 0.2) is 0 Å². The van der Waals surface area contributed by atoms with Gasteiger partial charge in [-0.15, -0.1) is 0 Å². The molecule has 0 radical (unpaired) electrons. The molecular formula is C13H16F3N3S. The molecule has 2 N–H and O–H groups in total. The van der Waals surface area contributed by atoms with Gasteiger partial charge in [0.25, 0.3) is 0 Å². The Labute approximate surface area is 121 Å². The summed E-state index contributed by atoms with van der Waals surface area (Å²) in [4.78, 5) is 5.63. The lowest BCUT2D eigenvalue weighted by atomic mass is 10.1. The topological polar surface area (TPSA) is 42.1 Å². The summed E-state index contributed by atoms with van der Waals surface area (Å²) in [6, 6.07) is 1.65. The average Bonchev–Trinajstić information content (AvgIpc) is 3.06. The molecule has 0 spiro atoms. The fourth-order valence-corrected chi connectivity index (χ4v) is 2.54. The summed E-state index contributed by atoms with van der Waals surface area (Å²) >= 11 is 4.98. The first-order valence-electron chi connectivity index (χ1n) is 6.30. The van der Waals surface area contributed by atoms with Gasteiger partial charge in [-0.2, -0.15) is 13.2 Å². The van der Waals surface area contributed by atoms with Crippen molar-refractivity contribution in [1.29, 1.82) is 0 Å². The van der Waals surface area contributed by atoms with Crippen LogP contribution in [0.25, 0.3) is 0 Å². The van der Waals surface area contributed by atoms with Crippen LogP contribution in [0.3, 0.4) is 0 Å². The Morgan fingerprint density at radius 2 is 2.05 bits per heavy atom. The lowest BCUT2D eigenvalue weighted by Gasteiger charge is -2.27. The Bertz CT molecular complexity index is 538. The van der Waals surface area contributed by atoms with Gasteiger partial charge in [0.05, 0.1) is 5.56 Å². The zero-order valence-corrected chi connectivity index (χ0v) is 12.1. The van der Waals surface area contributed by atoms with Gasteiger partial charge in [0.1, 0.15) is 17.4 Å². The number of hydrogen-bond donors (Lipinski definition) is 1. The Balaban J connectivity index is 2.49. The smallest absolute Gasteiger partial charge is 0.389 e. The van der Waals surface area contributed by atoms with Crippen molar-refractivity contribution >= 4 is 23.0 Å². The van der Waals surface area contributed by atoms with E-state index >= 15 is 0 Å². The van der Waals surface area contributed by atoms with Crippen molar-refractivity contribution in [2.24, 2.45) is 5.73 Å². The minimum Gasteiger partial charge on any atom is -0.389 e. The summed E-state index contributed by atoms with van der Waals surface area (Å²) in [6.07, 6.45) is -2.81. The summed E-state index contributed by atoms with van der Waals surface area (Å²) in [7, 11) is 0. The molecule has 0 atom stereocenters. The number of aryl methyl sites for hydroxylation is 2. The number of nitrogens with zero attached hydrogens (tertiary/aromatic N) is 2. The zero-order chi connectivity index (χ0) is 15.1. The van der Waals surface area contributed by atoms with Crippen LogP contribution in [0.1, 0.15) is 29.7 Å². The first-order valence-corrected chi connectivity index (χ1v) is 6.71. The second kappa shape index (κ2) is 5.20. The normalized spacial score (nSPS) is 15.2. The van der Waals surface area contributed by atoms with Crippen LogP contribution in [0, 0.1) is 13.8 Å². The standard InChI is InChI=1S/C13H16F3N3S/c1-7-5-8(2)18-12(10(7)11(17)20)19(9-3-4-9)6-13(14,15)16/h5,9H,3-4,6H2,1-2H3,(H2,17,20). The average molecular weight is 303 g/mol. The van der Waals surface area contributed by atoms with E-state index in [4.69, 9.17) is 18.0 Å². The van der Waals surface area contributed by atoms with E-state index in [1.807, 2.05) is 0 Å². The van der Waals surface area contributed by atoms with E-state index in [-0.39, 0.29) is 16.8 Å². The molecule has 0 aromatic carbocycles. The zero-order valence-electron chi connectivity index (χ0n) is 11.3. The first-order chi connectivity index (χ1) is 9.19. The second-order valence-corrected chi connectivity index (χ2v) is 5.56. The molecule has 1 heterocycles. The third-order valence-electron chi connectivity index (χ3n) is 3.18. The van der Waals surface area contributed by atoms with E-state index in [1.54, 1.807) is 19.9 Å². The van der Waals surface area contributed by atoms with Crippen LogP contribution in [-0.4, -0.2) is 28.7 Å². The molecule has 0 saturated heterocycles. The van der Waals surface area contributed by atoms with Crippen LogP contribution in [0.15, 0.2) is 6.07 Å². The summed E-state index contributed by atoms with van der Waals surface area (Å²) < 4.78 is 38.3. The van der Waals surface area contributed by atoms with Gasteiger partial charge in [-0.1, -0.05) is 12.2 Å². The first kappa shape index (κ1) is 15.0. The van der Waals surface area contributed by atoms with Crippen LogP contribution < -0.4 is 10.6 Å². The quantitative estimate of drug-likeness (QED) is 0.869. The van der Waals surface area contributed by atoms with E-state index in [1.165, 1.54) is 4.90 Å². The number of pyridine rings is 1. The lowest BCUT2D eigenvalue weighted by molar-refractivity contribution is -0.120. The molecule has 20 heavy (non-hydrogen) atoms. The highest BCUT2D eigenvalue weighted by Gasteiger charge is 2.40. The largest absolute Gasteiger partial charge is 0.405 e. The molecule has 1 saturated carbocycles. The van der Waals surface area contributed by atoms with Gasteiger partial charge < -0.3 is 10.6 Å². The molecule has 0 unspecified atom stereocenters. The van der Waals surface area contributed by atoms with E-state index in [2.05, 4.69) is 4.98 Å². The summed E-state index contributed by atoms with van der Waals surface area (Å²) in [5, 5.41) is 0. The molecule has 7 heteroatoms. The monoisotopic (exact) mass is 303 g/mol. The highest BCUT2D eigenvalue weighted by Crippen LogP contribution is 2.36. The van der Waals surface area contributed by atoms with E-state index < -0.39 is 12.7 Å². The SMILES string of the molecule is Cc1cc(C)c(C(N)=S)c(N(CC(F)(F)F)C2CC2)n1. The van der Waals surface area contributed by atoms with E-state index in [9.17, 15) is 13.2 Å². The molecule has 1 aliphatic rings. The predicted octanol–water partition coefficient (Wildman–Crippen LogP) is 2.86. The van der Waals surface area contributed by atoms with Crippen molar-refractivity contribution in [3.05, 3.63) is 22.9 Å². The Kier molecular flexibility index (Phi) is 3.90. The molecule has 0 amide bonds. The minimum absolute atomic E-state index is 0.0813. The summed E-state index contributed by atoms with van der Waals surface area (Å²) in [6.45, 7) is 2.51. The molecule has 110 valence electrons. The number of alkyl halides is 3. The third kappa shape index (κ3) is 3.39. The van der Waals surface area contributed by atoms with Crippen molar-refractivity contribution < 1.29 is 13.2 Å². The van der Waals surface area contributed by atoms with Crippen LogP contribution in [0.4, 0.5) is 19.0 Å². The molecule has 1 aliphatic carbocycles. The fourth-order valence-electron chi connectivity index (χ4n) is 2.29. The van der Waals surface area contributed by atoms with Crippen LogP contribution in [-0.2, 0) is 0 Å². The lowest BCUT2D eigenvalue weighted by Crippen LogP contribution is -2.38. The van der Waals surface area contributed by atoms with Crippen molar-refractivity contribution in [2.75, 3.05) is 11.4 Å². The summed E-state index contributed by atoms with van der Waals surface area (Å²) in [5.74, 6) is 0.259. The maximum absolute atomic E-state index is 12.8. The maximum atomic E-state index is 12.8. The molecule has 1 aromatic rings. The number of nitrogens with two attached hydrogens (primary N) is 1. The Morgan fingerprint density at radius 3 is 2.50 bits per heavy atom. The molecule has 2 rings (SSSR count). The van der Waals surface area contributed by atoms with Crippen LogP contribution >= 0.6 is 12.2 Å². The van der Waals surface area contributed by atoms with Crippen molar-refractivity contribution in [2.45, 2.75) is 38.9 Å². The summed E-state index contributed by atoms with van der Waals surface area (Å²) in [5.41, 5.74) is 7.53. The molecular weight excluding hydrogens is 287 g/mol. The molecule has 0 aliphatic heterocycles. The second-order valence-electron chi connectivity index (χ2n) is 5.12. The minimum atomic E-state index is -4.28. The van der Waals surface area contributed by atoms with Gasteiger partial charge in [-0.25, -0.2) is 4.98 Å². The van der Waals surface area contributed by atoms with E-state index in [0.717, 1.165) is 18.4 Å². The maximum Gasteiger partial charge on any atom is 0.405 e. The number of thiocarbonyl (C=S) groups is 1. The van der Waals surface area contributed by atoms with Crippen LogP contribution in [0.2, 0.25) is 0 Å². The molecule has 3 nitrogen and oxygen atoms in total. The molecule has 0 bridgehead atoms. The number of halogens is 3. The number of rotatable bonds is 4. The number of hydrogen-bond acceptors (Lipinski definition) is 3. The molecule has 1 fully saturated rings. The van der Waals surface area contributed by atoms with Crippen molar-refractivity contribution in [3.8, 4) is 0 Å². The fraction of sp³-hybridized carbons (Fsp3) is 0.538. The van der Waals surface area contributed by atoms with Gasteiger partial charge >= 0.3 is 6.18 Å². The van der Waals surface area contributed by atoms with Gasteiger partial charge in [-0.3, -0.25) is 0 Å². The number of anilines is 1. The van der Waals surface area contributed by atoms with Gasteiger partial charge in [0.2, 0.25) is 0 Å². The van der Waals surface area contributed by atoms with Crippen molar-refractivity contribution in [1.82, 2.24) is 4.98 Å². The Morgan fingerprint density at radius 1 is 1.45 bits per heavy atom. The number of aromatic nitrogens is 1. The predicted molar refractivity (Wildman–Crippen MR) is 76.0 cm³/mol. The van der Waals surface area contributed by atoms with E-state index in [0.29, 0.717) is 11.3 Å².